The van der Waals surface area contributed by atoms with E-state index in [1.165, 1.54) is 25.4 Å². The standard InChI is InChI=1S/C28H27ClN6O4/c1-5-26(36)35(3)17(2)28(37)34-23-13-20-22(14-25(23)38-4)31-16-32-27(20)33-18-9-10-24(21(29)12-18)39-15-19-8-6-7-11-30-19/h5-14,16-17H,1,15H2,2-4H3,(H,34,37)(H,31,32,33). The highest BCUT2D eigenvalue weighted by Gasteiger charge is 2.22. The van der Waals surface area contributed by atoms with Gasteiger partial charge in [0, 0.05) is 30.4 Å². The number of carbonyl (C=O) groups is 2. The lowest BCUT2D eigenvalue weighted by Crippen LogP contribution is -2.42. The van der Waals surface area contributed by atoms with Gasteiger partial charge in [0.15, 0.2) is 0 Å². The second-order valence-corrected chi connectivity index (χ2v) is 8.90. The van der Waals surface area contributed by atoms with Crippen LogP contribution in [0.4, 0.5) is 17.2 Å². The predicted octanol–water partition coefficient (Wildman–Crippen LogP) is 4.98. The zero-order valence-electron chi connectivity index (χ0n) is 21.6. The van der Waals surface area contributed by atoms with Gasteiger partial charge in [0.2, 0.25) is 11.8 Å². The first-order valence-electron chi connectivity index (χ1n) is 11.9. The summed E-state index contributed by atoms with van der Waals surface area (Å²) in [4.78, 5) is 39.1. The summed E-state index contributed by atoms with van der Waals surface area (Å²) in [7, 11) is 3.02. The Morgan fingerprint density at radius 3 is 2.64 bits per heavy atom. The van der Waals surface area contributed by atoms with Crippen molar-refractivity contribution >= 4 is 51.5 Å². The topological polar surface area (TPSA) is 119 Å². The molecule has 4 rings (SSSR count). The summed E-state index contributed by atoms with van der Waals surface area (Å²) in [5, 5.41) is 7.12. The molecule has 0 aliphatic carbocycles. The molecule has 2 aromatic carbocycles. The van der Waals surface area contributed by atoms with E-state index in [1.54, 1.807) is 37.4 Å². The summed E-state index contributed by atoms with van der Waals surface area (Å²) < 4.78 is 11.3. The first kappa shape index (κ1) is 27.3. The van der Waals surface area contributed by atoms with Crippen molar-refractivity contribution in [2.45, 2.75) is 19.6 Å². The molecule has 0 fully saturated rings. The van der Waals surface area contributed by atoms with Crippen LogP contribution in [0.3, 0.4) is 0 Å². The van der Waals surface area contributed by atoms with Gasteiger partial charge in [0.1, 0.15) is 36.3 Å². The summed E-state index contributed by atoms with van der Waals surface area (Å²) in [6, 6.07) is 13.6. The number of hydrogen-bond donors (Lipinski definition) is 2. The third kappa shape index (κ3) is 6.42. The molecule has 0 aliphatic heterocycles. The molecule has 0 aliphatic rings. The van der Waals surface area contributed by atoms with Gasteiger partial charge in [-0.3, -0.25) is 14.6 Å². The number of ether oxygens (including phenoxy) is 2. The Morgan fingerprint density at radius 1 is 1.13 bits per heavy atom. The Hall–Kier alpha value is -4.70. The first-order chi connectivity index (χ1) is 18.8. The minimum atomic E-state index is -0.749. The maximum atomic E-state index is 12.9. The lowest BCUT2D eigenvalue weighted by atomic mass is 10.1. The van der Waals surface area contributed by atoms with Gasteiger partial charge in [-0.2, -0.15) is 0 Å². The summed E-state index contributed by atoms with van der Waals surface area (Å²) in [6.07, 6.45) is 4.28. The second kappa shape index (κ2) is 12.2. The molecule has 10 nitrogen and oxygen atoms in total. The van der Waals surface area contributed by atoms with Crippen LogP contribution in [-0.4, -0.2) is 51.9 Å². The first-order valence-corrected chi connectivity index (χ1v) is 12.3. The highest BCUT2D eigenvalue weighted by molar-refractivity contribution is 6.32. The van der Waals surface area contributed by atoms with Crippen molar-refractivity contribution in [2.75, 3.05) is 24.8 Å². The molecule has 0 saturated heterocycles. The molecule has 0 spiro atoms. The summed E-state index contributed by atoms with van der Waals surface area (Å²) in [6.45, 7) is 5.37. The van der Waals surface area contributed by atoms with E-state index in [4.69, 9.17) is 21.1 Å². The normalized spacial score (nSPS) is 11.4. The van der Waals surface area contributed by atoms with Crippen LogP contribution in [0, 0.1) is 0 Å². The molecule has 0 radical (unpaired) electrons. The van der Waals surface area contributed by atoms with Gasteiger partial charge in [-0.1, -0.05) is 24.2 Å². The lowest BCUT2D eigenvalue weighted by molar-refractivity contribution is -0.132. The average Bonchev–Trinajstić information content (AvgIpc) is 2.96. The number of carbonyl (C=O) groups excluding carboxylic acids is 2. The van der Waals surface area contributed by atoms with Gasteiger partial charge >= 0.3 is 0 Å². The van der Waals surface area contributed by atoms with Gasteiger partial charge in [-0.05, 0) is 49.4 Å². The number of anilines is 3. The number of methoxy groups -OCH3 is 1. The molecule has 0 bridgehead atoms. The molecule has 200 valence electrons. The molecule has 1 unspecified atom stereocenters. The van der Waals surface area contributed by atoms with E-state index in [1.807, 2.05) is 24.3 Å². The van der Waals surface area contributed by atoms with Gasteiger partial charge in [0.05, 0.1) is 29.0 Å². The van der Waals surface area contributed by atoms with E-state index in [0.717, 1.165) is 11.8 Å². The number of rotatable bonds is 10. The number of benzene rings is 2. The van der Waals surface area contributed by atoms with Crippen molar-refractivity contribution in [3.63, 3.8) is 0 Å². The number of amides is 2. The molecule has 2 heterocycles. The minimum Gasteiger partial charge on any atom is -0.494 e. The van der Waals surface area contributed by atoms with Crippen LogP contribution >= 0.6 is 11.6 Å². The van der Waals surface area contributed by atoms with Crippen LogP contribution < -0.4 is 20.1 Å². The molecule has 39 heavy (non-hydrogen) atoms. The number of hydrogen-bond acceptors (Lipinski definition) is 8. The van der Waals surface area contributed by atoms with Gasteiger partial charge in [-0.25, -0.2) is 9.97 Å². The maximum Gasteiger partial charge on any atom is 0.246 e. The van der Waals surface area contributed by atoms with Crippen molar-refractivity contribution in [2.24, 2.45) is 0 Å². The van der Waals surface area contributed by atoms with E-state index in [9.17, 15) is 9.59 Å². The molecule has 2 aromatic heterocycles. The number of nitrogens with one attached hydrogen (secondary N) is 2. The van der Waals surface area contributed by atoms with E-state index in [-0.39, 0.29) is 12.5 Å². The van der Waals surface area contributed by atoms with Crippen molar-refractivity contribution in [1.82, 2.24) is 19.9 Å². The number of likely N-dealkylation sites (N-methyl/N-ethyl adjacent to an activating group) is 1. The minimum absolute atomic E-state index is 0.288. The molecule has 4 aromatic rings. The number of fused-ring (bicyclic) bond motifs is 1. The SMILES string of the molecule is C=CC(=O)N(C)C(C)C(=O)Nc1cc2c(Nc3ccc(OCc4ccccn4)c(Cl)c3)ncnc2cc1OC. The van der Waals surface area contributed by atoms with Crippen molar-refractivity contribution in [3.8, 4) is 11.5 Å². The van der Waals surface area contributed by atoms with Crippen LogP contribution in [0.15, 0.2) is 73.7 Å². The third-order valence-corrected chi connectivity index (χ3v) is 6.29. The maximum absolute atomic E-state index is 12.9. The Kier molecular flexibility index (Phi) is 8.57. The largest absolute Gasteiger partial charge is 0.494 e. The Morgan fingerprint density at radius 2 is 1.95 bits per heavy atom. The van der Waals surface area contributed by atoms with Crippen LogP contribution in [0.5, 0.6) is 11.5 Å². The number of nitrogens with zero attached hydrogens (tertiary/aromatic N) is 4. The third-order valence-electron chi connectivity index (χ3n) is 5.99. The Labute approximate surface area is 230 Å². The lowest BCUT2D eigenvalue weighted by Gasteiger charge is -2.23. The van der Waals surface area contributed by atoms with E-state index in [0.29, 0.717) is 44.6 Å². The van der Waals surface area contributed by atoms with Gasteiger partial charge in [0.25, 0.3) is 0 Å². The monoisotopic (exact) mass is 546 g/mol. The molecule has 2 amide bonds. The van der Waals surface area contributed by atoms with E-state index >= 15 is 0 Å². The molecule has 2 N–H and O–H groups in total. The number of aromatic nitrogens is 3. The summed E-state index contributed by atoms with van der Waals surface area (Å²) >= 11 is 6.47. The van der Waals surface area contributed by atoms with Gasteiger partial charge < -0.3 is 25.0 Å². The zero-order valence-corrected chi connectivity index (χ0v) is 22.4. The molecule has 0 saturated carbocycles. The molecule has 1 atom stereocenters. The predicted molar refractivity (Wildman–Crippen MR) is 150 cm³/mol. The van der Waals surface area contributed by atoms with Crippen LogP contribution in [0.2, 0.25) is 5.02 Å². The van der Waals surface area contributed by atoms with Crippen LogP contribution in [0.25, 0.3) is 10.9 Å². The average molecular weight is 547 g/mol. The molecule has 11 heteroatoms. The molecular formula is C28H27ClN6O4. The fourth-order valence-corrected chi connectivity index (χ4v) is 3.90. The number of pyridine rings is 1. The highest BCUT2D eigenvalue weighted by Crippen LogP contribution is 2.35. The van der Waals surface area contributed by atoms with Gasteiger partial charge in [-0.15, -0.1) is 0 Å². The van der Waals surface area contributed by atoms with E-state index < -0.39 is 11.9 Å². The summed E-state index contributed by atoms with van der Waals surface area (Å²) in [5.74, 6) is 0.648. The second-order valence-electron chi connectivity index (χ2n) is 8.49. The number of halogens is 1. The molecular weight excluding hydrogens is 520 g/mol. The Balaban J connectivity index is 1.57. The van der Waals surface area contributed by atoms with Crippen LogP contribution in [-0.2, 0) is 16.2 Å². The van der Waals surface area contributed by atoms with Crippen molar-refractivity contribution in [3.05, 3.63) is 84.4 Å². The Bertz CT molecular complexity index is 1520. The van der Waals surface area contributed by atoms with E-state index in [2.05, 4.69) is 32.2 Å². The van der Waals surface area contributed by atoms with Crippen molar-refractivity contribution < 1.29 is 19.1 Å². The van der Waals surface area contributed by atoms with Crippen LogP contribution in [0.1, 0.15) is 12.6 Å². The quantitative estimate of drug-likeness (QED) is 0.267. The smallest absolute Gasteiger partial charge is 0.246 e. The highest BCUT2D eigenvalue weighted by atomic mass is 35.5. The zero-order chi connectivity index (χ0) is 27.9. The van der Waals surface area contributed by atoms with Crippen molar-refractivity contribution in [1.29, 1.82) is 0 Å². The summed E-state index contributed by atoms with van der Waals surface area (Å²) in [5.41, 5.74) is 2.45. The fraction of sp³-hybridized carbons (Fsp3) is 0.179. The fourth-order valence-electron chi connectivity index (χ4n) is 3.67.